The Kier molecular flexibility index (Phi) is 5.19. The fourth-order valence-electron chi connectivity index (χ4n) is 0.441. The highest BCUT2D eigenvalue weighted by molar-refractivity contribution is 7.58. The van der Waals surface area contributed by atoms with E-state index in [9.17, 15) is 23.8 Å². The summed E-state index contributed by atoms with van der Waals surface area (Å²) in [5.41, 5.74) is 0.775. The smallest absolute Gasteiger partial charge is 0.272 e. The van der Waals surface area contributed by atoms with Crippen LogP contribution in [0.5, 0.6) is 0 Å². The van der Waals surface area contributed by atoms with Gasteiger partial charge in [0, 0.05) is 0 Å². The molecule has 1 unspecified atom stereocenters. The Morgan fingerprint density at radius 3 is 2.14 bits per heavy atom. The standard InChI is InChI=1S/C5H12O7P2/c1-5(2)3-4-11-14(9,10)12-13(6,7)8/h3H,4H2,1-2H3,(H,9,10)(H2,6,7,8)/p-3. The summed E-state index contributed by atoms with van der Waals surface area (Å²) in [6.45, 7) is 3.00. The lowest BCUT2D eigenvalue weighted by Gasteiger charge is -2.34. The van der Waals surface area contributed by atoms with Crippen molar-refractivity contribution in [3.63, 3.8) is 0 Å². The molecular weight excluding hydrogens is 234 g/mol. The Hall–Kier alpha value is -0.0000000000000000416. The van der Waals surface area contributed by atoms with Crippen molar-refractivity contribution < 1.29 is 32.6 Å². The van der Waals surface area contributed by atoms with Crippen LogP contribution in [0.15, 0.2) is 11.6 Å². The second-order valence-corrected chi connectivity index (χ2v) is 5.25. The van der Waals surface area contributed by atoms with Gasteiger partial charge in [-0.05, 0) is 13.8 Å². The fourth-order valence-corrected chi connectivity index (χ4v) is 1.87. The van der Waals surface area contributed by atoms with Crippen LogP contribution in [0, 0.1) is 0 Å². The molecule has 9 heteroatoms. The molecule has 0 bridgehead atoms. The number of hydrogen-bond acceptors (Lipinski definition) is 7. The summed E-state index contributed by atoms with van der Waals surface area (Å²) < 4.78 is 27.8. The molecule has 0 aromatic carbocycles. The summed E-state index contributed by atoms with van der Waals surface area (Å²) in [6.07, 6.45) is 1.38. The first-order valence-electron chi connectivity index (χ1n) is 3.45. The molecule has 0 fully saturated rings. The maximum atomic E-state index is 10.6. The molecule has 7 nitrogen and oxygen atoms in total. The Morgan fingerprint density at radius 1 is 1.29 bits per heavy atom. The van der Waals surface area contributed by atoms with Gasteiger partial charge in [0.05, 0.1) is 14.4 Å². The van der Waals surface area contributed by atoms with Crippen molar-refractivity contribution in [2.24, 2.45) is 0 Å². The number of phosphoric acid groups is 2. The SMILES string of the molecule is CC(C)=CCOP(=O)([O-])OP(=O)([O-])[O-]. The predicted molar refractivity (Wildman–Crippen MR) is 41.7 cm³/mol. The number of phosphoric ester groups is 1. The van der Waals surface area contributed by atoms with E-state index in [1.54, 1.807) is 13.8 Å². The summed E-state index contributed by atoms with van der Waals surface area (Å²) in [7, 11) is -10.6. The van der Waals surface area contributed by atoms with Gasteiger partial charge in [0.15, 0.2) is 0 Å². The monoisotopic (exact) mass is 243 g/mol. The third kappa shape index (κ3) is 8.59. The van der Waals surface area contributed by atoms with E-state index in [2.05, 4.69) is 8.83 Å². The summed E-state index contributed by atoms with van der Waals surface area (Å²) in [6, 6.07) is 0. The molecule has 0 aromatic heterocycles. The highest BCUT2D eigenvalue weighted by Gasteiger charge is 2.10. The van der Waals surface area contributed by atoms with E-state index in [1.807, 2.05) is 0 Å². The molecule has 0 rings (SSSR count). The van der Waals surface area contributed by atoms with Crippen LogP contribution in [0.4, 0.5) is 0 Å². The number of allylic oxidation sites excluding steroid dienone is 1. The molecule has 0 aliphatic carbocycles. The molecule has 0 heterocycles. The summed E-state index contributed by atoms with van der Waals surface area (Å²) in [5, 5.41) is 0. The van der Waals surface area contributed by atoms with Crippen molar-refractivity contribution in [1.29, 1.82) is 0 Å². The average molecular weight is 243 g/mol. The first kappa shape index (κ1) is 14.0. The Labute approximate surface area is 81.2 Å². The summed E-state index contributed by atoms with van der Waals surface area (Å²) >= 11 is 0. The molecule has 14 heavy (non-hydrogen) atoms. The molecule has 0 amide bonds. The van der Waals surface area contributed by atoms with Crippen LogP contribution in [0.25, 0.3) is 0 Å². The lowest BCUT2D eigenvalue weighted by molar-refractivity contribution is -0.339. The third-order valence-electron chi connectivity index (χ3n) is 0.924. The van der Waals surface area contributed by atoms with Crippen LogP contribution >= 0.6 is 15.6 Å². The molecule has 0 aromatic rings. The zero-order chi connectivity index (χ0) is 11.4. The van der Waals surface area contributed by atoms with Gasteiger partial charge >= 0.3 is 0 Å². The van der Waals surface area contributed by atoms with Crippen molar-refractivity contribution in [3.05, 3.63) is 11.6 Å². The van der Waals surface area contributed by atoms with Crippen molar-refractivity contribution in [2.45, 2.75) is 13.8 Å². The topological polar surface area (TPSA) is 122 Å². The second-order valence-electron chi connectivity index (χ2n) is 2.55. The van der Waals surface area contributed by atoms with Gasteiger partial charge in [0.1, 0.15) is 0 Å². The Bertz CT molecular complexity index is 299. The first-order valence-corrected chi connectivity index (χ1v) is 6.37. The Balaban J connectivity index is 4.17. The van der Waals surface area contributed by atoms with Crippen molar-refractivity contribution in [2.75, 3.05) is 6.61 Å². The lowest BCUT2D eigenvalue weighted by Crippen LogP contribution is -2.19. The van der Waals surface area contributed by atoms with E-state index in [-0.39, 0.29) is 6.61 Å². The largest absolute Gasteiger partial charge is 0.790 e. The van der Waals surface area contributed by atoms with Gasteiger partial charge in [0.25, 0.3) is 7.82 Å². The highest BCUT2D eigenvalue weighted by atomic mass is 31.3. The third-order valence-corrected chi connectivity index (χ3v) is 2.99. The maximum Gasteiger partial charge on any atom is 0.272 e. The van der Waals surface area contributed by atoms with Gasteiger partial charge < -0.3 is 23.8 Å². The van der Waals surface area contributed by atoms with E-state index >= 15 is 0 Å². The molecule has 0 aliphatic heterocycles. The van der Waals surface area contributed by atoms with Crippen LogP contribution in [-0.4, -0.2) is 6.61 Å². The zero-order valence-corrected chi connectivity index (χ0v) is 9.33. The quantitative estimate of drug-likeness (QED) is 0.461. The molecule has 0 radical (unpaired) electrons. The van der Waals surface area contributed by atoms with Crippen LogP contribution in [-0.2, 0) is 18.0 Å². The van der Waals surface area contributed by atoms with Crippen LogP contribution in [0.2, 0.25) is 0 Å². The molecule has 0 aliphatic rings. The van der Waals surface area contributed by atoms with Crippen molar-refractivity contribution >= 4 is 15.6 Å². The van der Waals surface area contributed by atoms with Crippen LogP contribution < -0.4 is 14.7 Å². The zero-order valence-electron chi connectivity index (χ0n) is 7.54. The summed E-state index contributed by atoms with van der Waals surface area (Å²) in [4.78, 5) is 30.5. The van der Waals surface area contributed by atoms with Crippen molar-refractivity contribution in [1.82, 2.24) is 0 Å². The summed E-state index contributed by atoms with van der Waals surface area (Å²) in [5.74, 6) is 0. The second kappa shape index (κ2) is 5.19. The molecule has 0 saturated heterocycles. The predicted octanol–water partition coefficient (Wildman–Crippen LogP) is -0.717. The molecular formula is C5H9O7P2-3. The lowest BCUT2D eigenvalue weighted by atomic mass is 10.3. The van der Waals surface area contributed by atoms with E-state index in [4.69, 9.17) is 0 Å². The van der Waals surface area contributed by atoms with Gasteiger partial charge in [-0.1, -0.05) is 11.6 Å². The van der Waals surface area contributed by atoms with Crippen LogP contribution in [0.3, 0.4) is 0 Å². The average Bonchev–Trinajstić information content (AvgIpc) is 1.78. The maximum absolute atomic E-state index is 10.6. The van der Waals surface area contributed by atoms with E-state index in [0.717, 1.165) is 5.57 Å². The molecule has 84 valence electrons. The Morgan fingerprint density at radius 2 is 1.79 bits per heavy atom. The minimum Gasteiger partial charge on any atom is -0.790 e. The molecule has 0 saturated carbocycles. The van der Waals surface area contributed by atoms with E-state index < -0.39 is 15.6 Å². The highest BCUT2D eigenvalue weighted by Crippen LogP contribution is 2.50. The minimum absolute atomic E-state index is 0.372. The number of rotatable bonds is 5. The molecule has 0 spiro atoms. The first-order chi connectivity index (χ1) is 6.12. The van der Waals surface area contributed by atoms with Gasteiger partial charge in [-0.25, -0.2) is 0 Å². The van der Waals surface area contributed by atoms with E-state index in [1.165, 1.54) is 6.08 Å². The fraction of sp³-hybridized carbons (Fsp3) is 0.600. The normalized spacial score (nSPS) is 16.1. The molecule has 1 atom stereocenters. The minimum atomic E-state index is -5.57. The number of hydrogen-bond donors (Lipinski definition) is 0. The van der Waals surface area contributed by atoms with Crippen molar-refractivity contribution in [3.8, 4) is 0 Å². The van der Waals surface area contributed by atoms with Crippen LogP contribution in [0.1, 0.15) is 13.8 Å². The van der Waals surface area contributed by atoms with E-state index in [0.29, 0.717) is 0 Å². The van der Waals surface area contributed by atoms with Gasteiger partial charge in [-0.3, -0.25) is 8.88 Å². The van der Waals surface area contributed by atoms with Gasteiger partial charge in [-0.15, -0.1) is 0 Å². The molecule has 0 N–H and O–H groups in total. The van der Waals surface area contributed by atoms with Gasteiger partial charge in [0.2, 0.25) is 0 Å². The van der Waals surface area contributed by atoms with Gasteiger partial charge in [-0.2, -0.15) is 0 Å².